The van der Waals surface area contributed by atoms with Gasteiger partial charge in [-0.3, -0.25) is 0 Å². The van der Waals surface area contributed by atoms with E-state index in [0.29, 0.717) is 13.2 Å². The van der Waals surface area contributed by atoms with Gasteiger partial charge >= 0.3 is 0 Å². The molecule has 0 spiro atoms. The Morgan fingerprint density at radius 3 is 1.20 bits per heavy atom. The van der Waals surface area contributed by atoms with E-state index >= 15 is 0 Å². The fraction of sp³-hybridized carbons (Fsp3) is 0.289. The molecule has 6 aromatic carbocycles. The van der Waals surface area contributed by atoms with Gasteiger partial charge in [0.1, 0.15) is 0 Å². The lowest BCUT2D eigenvalue weighted by molar-refractivity contribution is 0.0204. The van der Waals surface area contributed by atoms with Gasteiger partial charge in [0.25, 0.3) is 0 Å². The van der Waals surface area contributed by atoms with E-state index in [2.05, 4.69) is 156 Å². The maximum absolute atomic E-state index is 6.78. The molecule has 4 atom stereocenters. The van der Waals surface area contributed by atoms with Gasteiger partial charge in [-0.25, -0.2) is 0 Å². The van der Waals surface area contributed by atoms with Gasteiger partial charge in [0.05, 0.1) is 12.2 Å². The van der Waals surface area contributed by atoms with E-state index in [4.69, 9.17) is 9.47 Å². The predicted octanol–water partition coefficient (Wildman–Crippen LogP) is 9.99. The first-order valence-electron chi connectivity index (χ1n) is 17.8. The zero-order chi connectivity index (χ0) is 33.7. The van der Waals surface area contributed by atoms with Crippen molar-refractivity contribution < 1.29 is 9.47 Å². The minimum absolute atomic E-state index is 0.0437. The summed E-state index contributed by atoms with van der Waals surface area (Å²) in [5.74, 6) is 0.373. The molecule has 0 aliphatic heterocycles. The summed E-state index contributed by atoms with van der Waals surface area (Å²) in [5, 5.41) is 11.9. The zero-order valence-corrected chi connectivity index (χ0v) is 28.9. The molecule has 6 rings (SSSR count). The molecule has 0 saturated carbocycles. The van der Waals surface area contributed by atoms with Gasteiger partial charge in [-0.15, -0.1) is 0 Å². The van der Waals surface area contributed by atoms with Crippen LogP contribution in [0.5, 0.6) is 0 Å². The summed E-state index contributed by atoms with van der Waals surface area (Å²) in [4.78, 5) is 0. The highest BCUT2D eigenvalue weighted by molar-refractivity contribution is 5.84. The van der Waals surface area contributed by atoms with E-state index in [0.717, 1.165) is 32.4 Å². The maximum Gasteiger partial charge on any atom is 0.0905 e. The lowest BCUT2D eigenvalue weighted by Crippen LogP contribution is -2.25. The van der Waals surface area contributed by atoms with Crippen LogP contribution in [0.2, 0.25) is 0 Å². The first-order valence-corrected chi connectivity index (χ1v) is 17.8. The number of unbranched alkanes of at least 4 members (excludes halogenated alkanes) is 2. The minimum Gasteiger partial charge on any atom is -0.373 e. The first-order chi connectivity index (χ1) is 24.2. The normalized spacial score (nSPS) is 14.1. The molecule has 4 heteroatoms. The second-order valence-corrected chi connectivity index (χ2v) is 13.0. The van der Waals surface area contributed by atoms with Crippen molar-refractivity contribution >= 4 is 21.5 Å². The van der Waals surface area contributed by atoms with Crippen LogP contribution in [0.3, 0.4) is 0 Å². The van der Waals surface area contributed by atoms with Crippen LogP contribution in [0.15, 0.2) is 146 Å². The van der Waals surface area contributed by atoms with Crippen LogP contribution < -0.4 is 10.6 Å². The number of fused-ring (bicyclic) bond motifs is 2. The average Bonchev–Trinajstić information content (AvgIpc) is 3.16. The van der Waals surface area contributed by atoms with Crippen LogP contribution in [0.1, 0.15) is 65.6 Å². The summed E-state index contributed by atoms with van der Waals surface area (Å²) >= 11 is 0. The number of ether oxygens (including phenoxy) is 2. The highest BCUT2D eigenvalue weighted by Crippen LogP contribution is 2.37. The highest BCUT2D eigenvalue weighted by atomic mass is 16.5. The van der Waals surface area contributed by atoms with Crippen molar-refractivity contribution in [3.63, 3.8) is 0 Å². The van der Waals surface area contributed by atoms with Gasteiger partial charge in [-0.1, -0.05) is 146 Å². The van der Waals surface area contributed by atoms with Crippen molar-refractivity contribution in [1.29, 1.82) is 0 Å². The molecule has 0 bridgehead atoms. The molecule has 4 nitrogen and oxygen atoms in total. The highest BCUT2D eigenvalue weighted by Gasteiger charge is 2.27. The molecule has 0 amide bonds. The van der Waals surface area contributed by atoms with E-state index in [1.54, 1.807) is 0 Å². The molecule has 0 fully saturated rings. The van der Waals surface area contributed by atoms with Gasteiger partial charge in [-0.05, 0) is 77.2 Å². The molecule has 0 aliphatic rings. The second kappa shape index (κ2) is 17.9. The maximum atomic E-state index is 6.78. The van der Waals surface area contributed by atoms with Crippen molar-refractivity contribution in [1.82, 2.24) is 10.6 Å². The van der Waals surface area contributed by atoms with Crippen molar-refractivity contribution in [3.05, 3.63) is 168 Å². The monoisotopic (exact) mass is 650 g/mol. The van der Waals surface area contributed by atoms with Crippen molar-refractivity contribution in [3.8, 4) is 0 Å². The van der Waals surface area contributed by atoms with E-state index in [-0.39, 0.29) is 24.0 Å². The van der Waals surface area contributed by atoms with Gasteiger partial charge in [0.15, 0.2) is 0 Å². The molecule has 252 valence electrons. The molecular formula is C45H50N2O2. The van der Waals surface area contributed by atoms with Crippen molar-refractivity contribution in [2.75, 3.05) is 40.4 Å². The Hall–Kier alpha value is -4.32. The van der Waals surface area contributed by atoms with Gasteiger partial charge < -0.3 is 20.1 Å². The molecule has 2 N–H and O–H groups in total. The van der Waals surface area contributed by atoms with Crippen LogP contribution in [0.4, 0.5) is 0 Å². The number of hydrogen-bond acceptors (Lipinski definition) is 4. The van der Waals surface area contributed by atoms with Crippen LogP contribution in [0.25, 0.3) is 21.5 Å². The number of rotatable bonds is 18. The molecule has 49 heavy (non-hydrogen) atoms. The lowest BCUT2D eigenvalue weighted by atomic mass is 9.87. The molecule has 4 unspecified atom stereocenters. The standard InChI is InChI=1S/C45H50N2O2/c1-46-32-42(40-26-24-34-16-10-12-22-38(34)30-40)44(36-18-6-3-7-19-36)48-28-14-5-15-29-49-45(37-20-8-4-9-21-37)43(33-47-2)41-27-25-35-17-11-13-23-39(35)31-41/h3-4,6-13,16-27,30-31,42-47H,5,14-15,28-29,32-33H2,1-2H3. The van der Waals surface area contributed by atoms with E-state index < -0.39 is 0 Å². The number of likely N-dealkylation sites (N-methyl/N-ethyl adjacent to an activating group) is 2. The lowest BCUT2D eigenvalue weighted by Gasteiger charge is -2.29. The minimum atomic E-state index is -0.0437. The third kappa shape index (κ3) is 9.03. The van der Waals surface area contributed by atoms with E-state index in [1.807, 2.05) is 14.1 Å². The average molecular weight is 651 g/mol. The van der Waals surface area contributed by atoms with Crippen LogP contribution >= 0.6 is 0 Å². The summed E-state index contributed by atoms with van der Waals surface area (Å²) < 4.78 is 13.6. The third-order valence-corrected chi connectivity index (χ3v) is 9.62. The molecule has 0 radical (unpaired) electrons. The molecule has 0 aliphatic carbocycles. The van der Waals surface area contributed by atoms with E-state index in [1.165, 1.54) is 43.8 Å². The fourth-order valence-corrected chi connectivity index (χ4v) is 7.09. The van der Waals surface area contributed by atoms with Crippen molar-refractivity contribution in [2.24, 2.45) is 0 Å². The summed E-state index contributed by atoms with van der Waals surface area (Å²) in [6.07, 6.45) is 2.92. The first kappa shape index (κ1) is 34.5. The van der Waals surface area contributed by atoms with Gasteiger partial charge in [0, 0.05) is 38.1 Å². The largest absolute Gasteiger partial charge is 0.373 e. The molecule has 0 saturated heterocycles. The molecular weight excluding hydrogens is 601 g/mol. The SMILES string of the molecule is CNCC(c1ccc2ccccc2c1)C(OCCCCCOC(c1ccccc1)C(CNC)c1ccc2ccccc2c1)c1ccccc1. The van der Waals surface area contributed by atoms with Crippen LogP contribution in [0, 0.1) is 0 Å². The Kier molecular flexibility index (Phi) is 12.6. The zero-order valence-electron chi connectivity index (χ0n) is 28.9. The Balaban J connectivity index is 1.10. The molecule has 6 aromatic rings. The summed E-state index contributed by atoms with van der Waals surface area (Å²) in [6, 6.07) is 52.2. The smallest absolute Gasteiger partial charge is 0.0905 e. The van der Waals surface area contributed by atoms with Gasteiger partial charge in [0.2, 0.25) is 0 Å². The van der Waals surface area contributed by atoms with Crippen LogP contribution in [-0.2, 0) is 9.47 Å². The summed E-state index contributed by atoms with van der Waals surface area (Å²) in [5.41, 5.74) is 5.03. The topological polar surface area (TPSA) is 42.5 Å². The van der Waals surface area contributed by atoms with Gasteiger partial charge in [-0.2, -0.15) is 0 Å². The Morgan fingerprint density at radius 1 is 0.408 bits per heavy atom. The second-order valence-electron chi connectivity index (χ2n) is 13.0. The third-order valence-electron chi connectivity index (χ3n) is 9.62. The number of benzene rings is 6. The Morgan fingerprint density at radius 2 is 0.796 bits per heavy atom. The summed E-state index contributed by atoms with van der Waals surface area (Å²) in [6.45, 7) is 3.07. The van der Waals surface area contributed by atoms with E-state index in [9.17, 15) is 0 Å². The van der Waals surface area contributed by atoms with Crippen LogP contribution in [-0.4, -0.2) is 40.4 Å². The summed E-state index contributed by atoms with van der Waals surface area (Å²) in [7, 11) is 4.06. The molecule has 0 heterocycles. The quantitative estimate of drug-likeness (QED) is 0.0909. The Bertz CT molecular complexity index is 1720. The Labute approximate surface area is 292 Å². The fourth-order valence-electron chi connectivity index (χ4n) is 7.09. The number of nitrogens with one attached hydrogen (secondary N) is 2. The van der Waals surface area contributed by atoms with Crippen molar-refractivity contribution in [2.45, 2.75) is 43.3 Å². The molecule has 0 aromatic heterocycles. The number of hydrogen-bond donors (Lipinski definition) is 2. The predicted molar refractivity (Wildman–Crippen MR) is 205 cm³/mol.